The normalized spacial score (nSPS) is 13.2. The van der Waals surface area contributed by atoms with Crippen LogP contribution >= 0.6 is 0 Å². The fraction of sp³-hybridized carbons (Fsp3) is 0.458. The first kappa shape index (κ1) is 45.9. The molecule has 8 bridgehead atoms. The van der Waals surface area contributed by atoms with Crippen molar-refractivity contribution in [2.45, 2.75) is 65.6 Å². The molecule has 12 nitrogen and oxygen atoms in total. The summed E-state index contributed by atoms with van der Waals surface area (Å²) in [4.78, 5) is 52.8. The van der Waals surface area contributed by atoms with E-state index in [-0.39, 0.29) is 37.0 Å². The molecule has 5 rings (SSSR count). The zero-order chi connectivity index (χ0) is 44.0. The number of allylic oxidation sites excluding steroid dienone is 5. The maximum absolute atomic E-state index is 13.5. The number of fused-ring (bicyclic) bond motifs is 8. The van der Waals surface area contributed by atoms with Gasteiger partial charge in [0, 0.05) is 72.2 Å². The second-order valence-corrected chi connectivity index (χ2v) is 17.2. The lowest BCUT2D eigenvalue weighted by Crippen LogP contribution is -2.38. The highest BCUT2D eigenvalue weighted by molar-refractivity contribution is 5.98. The zero-order valence-electron chi connectivity index (χ0n) is 38.0. The Morgan fingerprint density at radius 3 is 1.58 bits per heavy atom. The maximum atomic E-state index is 13.5. The number of likely N-dealkylation sites (N-methyl/N-ethyl adjacent to an activating group) is 4. The average Bonchev–Trinajstić information content (AvgIpc) is 3.81. The third-order valence-electron chi connectivity index (χ3n) is 11.1. The van der Waals surface area contributed by atoms with Crippen molar-refractivity contribution in [3.8, 4) is 0 Å². The molecule has 60 heavy (non-hydrogen) atoms. The first-order valence-electron chi connectivity index (χ1n) is 20.8. The van der Waals surface area contributed by atoms with Gasteiger partial charge >= 0.3 is 11.9 Å². The van der Waals surface area contributed by atoms with Gasteiger partial charge in [-0.2, -0.15) is 0 Å². The lowest BCUT2D eigenvalue weighted by molar-refractivity contribution is -0.151. The number of H-pyrrole nitrogens is 2. The predicted molar refractivity (Wildman–Crippen MR) is 247 cm³/mol. The van der Waals surface area contributed by atoms with Gasteiger partial charge in [0.2, 0.25) is 0 Å². The smallest absolute Gasteiger partial charge is 0.306 e. The molecule has 0 saturated heterocycles. The van der Waals surface area contributed by atoms with E-state index in [4.69, 9.17) is 19.4 Å². The summed E-state index contributed by atoms with van der Waals surface area (Å²) in [5, 5.41) is 0. The number of esters is 2. The summed E-state index contributed by atoms with van der Waals surface area (Å²) in [5.74, 6) is -0.500. The molecule has 2 N–H and O–H groups in total. The summed E-state index contributed by atoms with van der Waals surface area (Å²) in [6.07, 6.45) is 4.50. The Hall–Kier alpha value is -5.14. The number of carbonyl (C=O) groups excluding carboxylic acids is 2. The van der Waals surface area contributed by atoms with Crippen LogP contribution in [0.4, 0.5) is 0 Å². The summed E-state index contributed by atoms with van der Waals surface area (Å²) in [6, 6.07) is 8.26. The fourth-order valence-electron chi connectivity index (χ4n) is 8.14. The van der Waals surface area contributed by atoms with Gasteiger partial charge in [-0.15, -0.1) is 0 Å². The van der Waals surface area contributed by atoms with E-state index >= 15 is 0 Å². The molecule has 0 spiro atoms. The SMILES string of the molecule is C=CC1=C(C)c2cc3[nH]c(cc4nc(cc5[nH]c(cc1n2)c(C)c5CCC(=O)OC(CN(C)C)CN(C)C)C(CCC(=O)OC(CN(C)C)CN(C)C)=C4C)c(C)c3C=C. The molecule has 2 aliphatic rings. The van der Waals surface area contributed by atoms with Crippen molar-refractivity contribution in [3.63, 3.8) is 0 Å². The van der Waals surface area contributed by atoms with Gasteiger partial charge in [-0.1, -0.05) is 25.3 Å². The van der Waals surface area contributed by atoms with E-state index in [1.807, 2.05) is 88.1 Å². The van der Waals surface area contributed by atoms with Gasteiger partial charge in [0.15, 0.2) is 0 Å². The minimum atomic E-state index is -0.259. The number of aromatic nitrogens is 4. The first-order chi connectivity index (χ1) is 28.4. The van der Waals surface area contributed by atoms with Crippen LogP contribution in [0.1, 0.15) is 78.1 Å². The van der Waals surface area contributed by atoms with E-state index in [0.717, 1.165) is 89.4 Å². The van der Waals surface area contributed by atoms with Crippen molar-refractivity contribution in [2.75, 3.05) is 82.6 Å². The number of aryl methyl sites for hydroxylation is 3. The number of nitrogens with one attached hydrogen (secondary N) is 2. The molecule has 12 heteroatoms. The number of hydrogen-bond acceptors (Lipinski definition) is 10. The lowest BCUT2D eigenvalue weighted by Gasteiger charge is -2.24. The summed E-state index contributed by atoms with van der Waals surface area (Å²) in [5.41, 5.74) is 14.6. The van der Waals surface area contributed by atoms with Gasteiger partial charge in [0.25, 0.3) is 0 Å². The minimum absolute atomic E-state index is 0.197. The fourth-order valence-corrected chi connectivity index (χ4v) is 8.14. The summed E-state index contributed by atoms with van der Waals surface area (Å²) < 4.78 is 12.1. The molecule has 0 radical (unpaired) electrons. The van der Waals surface area contributed by atoms with Crippen molar-refractivity contribution >= 4 is 62.4 Å². The van der Waals surface area contributed by atoms with Crippen LogP contribution in [0.3, 0.4) is 0 Å². The Labute approximate surface area is 356 Å². The van der Waals surface area contributed by atoms with Crippen molar-refractivity contribution in [3.05, 3.63) is 88.5 Å². The third kappa shape index (κ3) is 11.2. The van der Waals surface area contributed by atoms with Crippen molar-refractivity contribution < 1.29 is 19.1 Å². The maximum Gasteiger partial charge on any atom is 0.306 e. The quantitative estimate of drug-likeness (QED) is 0.126. The van der Waals surface area contributed by atoms with Crippen LogP contribution in [0.2, 0.25) is 0 Å². The van der Waals surface area contributed by atoms with Gasteiger partial charge in [0.05, 0.1) is 22.8 Å². The van der Waals surface area contributed by atoms with Crippen molar-refractivity contribution in [1.29, 1.82) is 0 Å². The molecule has 0 aromatic carbocycles. The summed E-state index contributed by atoms with van der Waals surface area (Å²) >= 11 is 0. The second-order valence-electron chi connectivity index (χ2n) is 17.2. The standard InChI is InChI=1S/C48H66N8O4/c1-15-35-29(3)39-21-40-31(5)37(17-19-47(57)59-33(25-53(7)8)26-54(9)10)45(51-40)24-46-38(18-20-48(58)60-34(27-55(11)12)28-56(13)14)32(6)42(52-46)23-44-36(16-2)30(4)41(50-44)22-43(35)49-39/h15-16,21-24,33-34,49,52H,1-2,17-20,25-28H2,3-14H3. The molecular formula is C48H66N8O4. The Kier molecular flexibility index (Phi) is 15.3. The van der Waals surface area contributed by atoms with E-state index in [0.29, 0.717) is 39.0 Å². The molecule has 0 saturated carbocycles. The molecule has 322 valence electrons. The van der Waals surface area contributed by atoms with Gasteiger partial charge in [-0.05, 0) is 155 Å². The van der Waals surface area contributed by atoms with E-state index in [1.165, 1.54) is 0 Å². The zero-order valence-corrected chi connectivity index (χ0v) is 38.0. The molecule has 0 amide bonds. The highest BCUT2D eigenvalue weighted by atomic mass is 16.5. The molecule has 5 heterocycles. The van der Waals surface area contributed by atoms with Crippen LogP contribution in [-0.4, -0.2) is 146 Å². The molecule has 0 aliphatic carbocycles. The molecule has 2 aliphatic heterocycles. The van der Waals surface area contributed by atoms with Crippen LogP contribution in [0.5, 0.6) is 0 Å². The topological polar surface area (TPSA) is 123 Å². The molecule has 3 aromatic heterocycles. The summed E-state index contributed by atoms with van der Waals surface area (Å²) in [7, 11) is 15.8. The average molecular weight is 819 g/mol. The van der Waals surface area contributed by atoms with Crippen LogP contribution in [0.15, 0.2) is 43.5 Å². The molecule has 0 fully saturated rings. The minimum Gasteiger partial charge on any atom is -0.460 e. The summed E-state index contributed by atoms with van der Waals surface area (Å²) in [6.45, 7) is 19.1. The Morgan fingerprint density at radius 2 is 1.05 bits per heavy atom. The number of rotatable bonds is 18. The first-order valence-corrected chi connectivity index (χ1v) is 20.8. The highest BCUT2D eigenvalue weighted by Crippen LogP contribution is 2.37. The lowest BCUT2D eigenvalue weighted by atomic mass is 10.00. The predicted octanol–water partition coefficient (Wildman–Crippen LogP) is 7.40. The Morgan fingerprint density at radius 1 is 0.600 bits per heavy atom. The monoisotopic (exact) mass is 819 g/mol. The molecule has 3 aromatic rings. The largest absolute Gasteiger partial charge is 0.460 e. The molecule has 0 unspecified atom stereocenters. The van der Waals surface area contributed by atoms with Crippen LogP contribution in [-0.2, 0) is 25.5 Å². The second kappa shape index (κ2) is 19.9. The highest BCUT2D eigenvalue weighted by Gasteiger charge is 2.24. The van der Waals surface area contributed by atoms with Gasteiger partial charge in [0.1, 0.15) is 12.2 Å². The van der Waals surface area contributed by atoms with Crippen LogP contribution < -0.4 is 0 Å². The van der Waals surface area contributed by atoms with E-state index < -0.39 is 0 Å². The number of carbonyl (C=O) groups is 2. The van der Waals surface area contributed by atoms with Crippen molar-refractivity contribution in [1.82, 2.24) is 39.5 Å². The Balaban J connectivity index is 1.68. The number of nitrogens with zero attached hydrogens (tertiary/aromatic N) is 6. The van der Waals surface area contributed by atoms with E-state index in [9.17, 15) is 9.59 Å². The van der Waals surface area contributed by atoms with E-state index in [2.05, 4.69) is 75.1 Å². The van der Waals surface area contributed by atoms with Crippen LogP contribution in [0, 0.1) is 13.8 Å². The number of aromatic amines is 2. The molecule has 0 atom stereocenters. The number of ether oxygens (including phenoxy) is 2. The van der Waals surface area contributed by atoms with Gasteiger partial charge < -0.3 is 39.0 Å². The van der Waals surface area contributed by atoms with Crippen molar-refractivity contribution in [2.24, 2.45) is 0 Å². The van der Waals surface area contributed by atoms with Gasteiger partial charge in [-0.3, -0.25) is 9.59 Å². The molecular weight excluding hydrogens is 753 g/mol. The van der Waals surface area contributed by atoms with Crippen LogP contribution in [0.25, 0.3) is 50.4 Å². The van der Waals surface area contributed by atoms with Gasteiger partial charge in [-0.25, -0.2) is 9.97 Å². The third-order valence-corrected chi connectivity index (χ3v) is 11.1. The van der Waals surface area contributed by atoms with E-state index in [1.54, 1.807) is 0 Å². The Bertz CT molecular complexity index is 2320. The number of hydrogen-bond donors (Lipinski definition) is 2.